The van der Waals surface area contributed by atoms with Crippen molar-refractivity contribution in [2.75, 3.05) is 5.32 Å². The van der Waals surface area contributed by atoms with Crippen LogP contribution in [0.1, 0.15) is 31.0 Å². The lowest BCUT2D eigenvalue weighted by atomic mass is 10.1. The van der Waals surface area contributed by atoms with Gasteiger partial charge < -0.3 is 10.6 Å². The predicted octanol–water partition coefficient (Wildman–Crippen LogP) is 4.13. The van der Waals surface area contributed by atoms with Crippen LogP contribution in [0.5, 0.6) is 0 Å². The van der Waals surface area contributed by atoms with E-state index in [1.165, 1.54) is 17.7 Å². The molecule has 0 fully saturated rings. The van der Waals surface area contributed by atoms with E-state index in [0.29, 0.717) is 0 Å². The molecule has 0 aromatic heterocycles. The lowest BCUT2D eigenvalue weighted by Gasteiger charge is -2.16. The SMILES string of the molecule is CCc1ccc(C(C)NC(=O)Nc2cccc(S(=O)(=O)C(F)F)c2)cc1. The zero-order valence-corrected chi connectivity index (χ0v) is 15.2. The first kappa shape index (κ1) is 19.8. The second-order valence-corrected chi connectivity index (χ2v) is 7.67. The van der Waals surface area contributed by atoms with E-state index in [4.69, 9.17) is 0 Å². The molecule has 1 unspecified atom stereocenters. The monoisotopic (exact) mass is 382 g/mol. The van der Waals surface area contributed by atoms with Gasteiger partial charge in [-0.05, 0) is 42.7 Å². The van der Waals surface area contributed by atoms with Gasteiger partial charge in [-0.25, -0.2) is 13.2 Å². The predicted molar refractivity (Wildman–Crippen MR) is 96.0 cm³/mol. The summed E-state index contributed by atoms with van der Waals surface area (Å²) in [7, 11) is -4.71. The van der Waals surface area contributed by atoms with Gasteiger partial charge in [0.05, 0.1) is 10.9 Å². The summed E-state index contributed by atoms with van der Waals surface area (Å²) in [6, 6.07) is 11.7. The van der Waals surface area contributed by atoms with Crippen molar-refractivity contribution in [2.24, 2.45) is 0 Å². The molecule has 2 aromatic rings. The van der Waals surface area contributed by atoms with Gasteiger partial charge in [0, 0.05) is 5.69 Å². The standard InChI is InChI=1S/C18H20F2N2O3S/c1-3-13-7-9-14(10-8-13)12(2)21-18(23)22-15-5-4-6-16(11-15)26(24,25)17(19)20/h4-12,17H,3H2,1-2H3,(H2,21,22,23). The van der Waals surface area contributed by atoms with Crippen LogP contribution in [0.4, 0.5) is 19.3 Å². The molecule has 2 rings (SSSR count). The molecule has 140 valence electrons. The highest BCUT2D eigenvalue weighted by atomic mass is 32.2. The number of halogens is 2. The van der Waals surface area contributed by atoms with Crippen molar-refractivity contribution in [2.45, 2.75) is 37.0 Å². The minimum Gasteiger partial charge on any atom is -0.331 e. The van der Waals surface area contributed by atoms with Gasteiger partial charge in [0.2, 0.25) is 9.84 Å². The fourth-order valence-corrected chi connectivity index (χ4v) is 3.11. The molecule has 0 aliphatic rings. The van der Waals surface area contributed by atoms with Crippen molar-refractivity contribution in [3.63, 3.8) is 0 Å². The summed E-state index contributed by atoms with van der Waals surface area (Å²) in [6.07, 6.45) is 0.917. The van der Waals surface area contributed by atoms with E-state index in [-0.39, 0.29) is 11.7 Å². The summed E-state index contributed by atoms with van der Waals surface area (Å²) in [5.41, 5.74) is 2.20. The number of benzene rings is 2. The van der Waals surface area contributed by atoms with E-state index >= 15 is 0 Å². The minimum absolute atomic E-state index is 0.109. The Balaban J connectivity index is 2.05. The Hall–Kier alpha value is -2.48. The van der Waals surface area contributed by atoms with Gasteiger partial charge in [-0.3, -0.25) is 0 Å². The Kier molecular flexibility index (Phi) is 6.31. The van der Waals surface area contributed by atoms with Crippen molar-refractivity contribution >= 4 is 21.6 Å². The quantitative estimate of drug-likeness (QED) is 0.789. The topological polar surface area (TPSA) is 75.3 Å². The Morgan fingerprint density at radius 2 is 1.77 bits per heavy atom. The average Bonchev–Trinajstić information content (AvgIpc) is 2.61. The van der Waals surface area contributed by atoms with Crippen LogP contribution in [0.3, 0.4) is 0 Å². The van der Waals surface area contributed by atoms with Crippen LogP contribution < -0.4 is 10.6 Å². The lowest BCUT2D eigenvalue weighted by Crippen LogP contribution is -2.31. The summed E-state index contributed by atoms with van der Waals surface area (Å²) >= 11 is 0. The summed E-state index contributed by atoms with van der Waals surface area (Å²) in [5.74, 6) is -3.52. The number of aryl methyl sites for hydroxylation is 1. The molecule has 0 saturated heterocycles. The van der Waals surface area contributed by atoms with Crippen LogP contribution in [0.15, 0.2) is 53.4 Å². The van der Waals surface area contributed by atoms with Crippen molar-refractivity contribution in [1.29, 1.82) is 0 Å². The second kappa shape index (κ2) is 8.27. The third-order valence-electron chi connectivity index (χ3n) is 3.89. The second-order valence-electron chi connectivity index (χ2n) is 5.75. The normalized spacial score (nSPS) is 12.7. The van der Waals surface area contributed by atoms with Gasteiger partial charge in [-0.2, -0.15) is 8.78 Å². The molecule has 0 aliphatic carbocycles. The Bertz CT molecular complexity index is 868. The number of sulfone groups is 1. The van der Waals surface area contributed by atoms with Crippen molar-refractivity contribution < 1.29 is 22.0 Å². The fourth-order valence-electron chi connectivity index (χ4n) is 2.34. The largest absolute Gasteiger partial charge is 0.341 e. The van der Waals surface area contributed by atoms with E-state index in [1.54, 1.807) is 6.92 Å². The summed E-state index contributed by atoms with van der Waals surface area (Å²) in [6.45, 7) is 3.85. The summed E-state index contributed by atoms with van der Waals surface area (Å²) in [5, 5.41) is 5.17. The zero-order valence-electron chi connectivity index (χ0n) is 14.4. The van der Waals surface area contributed by atoms with Gasteiger partial charge >= 0.3 is 11.8 Å². The first-order chi connectivity index (χ1) is 12.2. The number of carbonyl (C=O) groups excluding carboxylic acids is 1. The number of carbonyl (C=O) groups is 1. The van der Waals surface area contributed by atoms with E-state index in [9.17, 15) is 22.0 Å². The van der Waals surface area contributed by atoms with E-state index in [2.05, 4.69) is 10.6 Å². The smallest absolute Gasteiger partial charge is 0.331 e. The molecule has 2 N–H and O–H groups in total. The Morgan fingerprint density at radius 1 is 1.12 bits per heavy atom. The molecule has 2 aromatic carbocycles. The van der Waals surface area contributed by atoms with Gasteiger partial charge in [0.1, 0.15) is 0 Å². The minimum atomic E-state index is -4.71. The number of amides is 2. The van der Waals surface area contributed by atoms with Crippen LogP contribution in [-0.2, 0) is 16.3 Å². The average molecular weight is 382 g/mol. The molecule has 26 heavy (non-hydrogen) atoms. The van der Waals surface area contributed by atoms with Crippen LogP contribution in [0, 0.1) is 0 Å². The van der Waals surface area contributed by atoms with Crippen molar-refractivity contribution in [3.8, 4) is 0 Å². The van der Waals surface area contributed by atoms with Crippen molar-refractivity contribution in [1.82, 2.24) is 5.32 Å². The first-order valence-corrected chi connectivity index (χ1v) is 9.57. The van der Waals surface area contributed by atoms with Crippen LogP contribution in [-0.4, -0.2) is 20.2 Å². The maximum atomic E-state index is 12.6. The summed E-state index contributed by atoms with van der Waals surface area (Å²) < 4.78 is 48.3. The van der Waals surface area contributed by atoms with E-state index in [0.717, 1.165) is 24.1 Å². The van der Waals surface area contributed by atoms with E-state index < -0.39 is 26.5 Å². The number of urea groups is 1. The van der Waals surface area contributed by atoms with Gasteiger partial charge in [0.15, 0.2) is 0 Å². The molecule has 0 radical (unpaired) electrons. The number of hydrogen-bond donors (Lipinski definition) is 2. The fraction of sp³-hybridized carbons (Fsp3) is 0.278. The molecular weight excluding hydrogens is 362 g/mol. The molecule has 5 nitrogen and oxygen atoms in total. The zero-order chi connectivity index (χ0) is 19.3. The van der Waals surface area contributed by atoms with Gasteiger partial charge in [-0.1, -0.05) is 37.3 Å². The maximum absolute atomic E-state index is 12.6. The Labute approximate surface area is 151 Å². The van der Waals surface area contributed by atoms with Crippen LogP contribution in [0.25, 0.3) is 0 Å². The van der Waals surface area contributed by atoms with Gasteiger partial charge in [-0.15, -0.1) is 0 Å². The van der Waals surface area contributed by atoms with Gasteiger partial charge in [0.25, 0.3) is 0 Å². The maximum Gasteiger partial charge on any atom is 0.341 e. The molecule has 2 amide bonds. The number of hydrogen-bond acceptors (Lipinski definition) is 3. The highest BCUT2D eigenvalue weighted by Gasteiger charge is 2.26. The van der Waals surface area contributed by atoms with Crippen LogP contribution in [0.2, 0.25) is 0 Å². The first-order valence-electron chi connectivity index (χ1n) is 8.02. The molecule has 0 bridgehead atoms. The lowest BCUT2D eigenvalue weighted by molar-refractivity contribution is 0.235. The molecule has 1 atom stereocenters. The molecule has 0 saturated carbocycles. The van der Waals surface area contributed by atoms with E-state index in [1.807, 2.05) is 31.2 Å². The molecule has 0 heterocycles. The molecular formula is C18H20F2N2O3S. The highest BCUT2D eigenvalue weighted by Crippen LogP contribution is 2.21. The van der Waals surface area contributed by atoms with Crippen LogP contribution >= 0.6 is 0 Å². The number of rotatable bonds is 6. The van der Waals surface area contributed by atoms with Crippen molar-refractivity contribution in [3.05, 3.63) is 59.7 Å². The number of anilines is 1. The Morgan fingerprint density at radius 3 is 2.35 bits per heavy atom. The third-order valence-corrected chi connectivity index (χ3v) is 5.27. The highest BCUT2D eigenvalue weighted by molar-refractivity contribution is 7.91. The summed E-state index contributed by atoms with van der Waals surface area (Å²) in [4.78, 5) is 11.5. The number of alkyl halides is 2. The molecule has 0 aliphatic heterocycles. The number of nitrogens with one attached hydrogen (secondary N) is 2. The third kappa shape index (κ3) is 4.78. The molecule has 8 heteroatoms. The molecule has 0 spiro atoms.